The maximum absolute atomic E-state index is 9.55. The Kier molecular flexibility index (Phi) is 5.33. The molecule has 2 rings (SSSR count). The molecule has 0 radical (unpaired) electrons. The van der Waals surface area contributed by atoms with Crippen LogP contribution in [0.5, 0.6) is 0 Å². The lowest BCUT2D eigenvalue weighted by Crippen LogP contribution is -2.31. The molecule has 1 aromatic heterocycles. The highest BCUT2D eigenvalue weighted by molar-refractivity contribution is 7.09. The number of nitrogens with zero attached hydrogens (tertiary/aromatic N) is 2. The number of rotatable bonds is 6. The summed E-state index contributed by atoms with van der Waals surface area (Å²) in [6, 6.07) is 0.505. The quantitative estimate of drug-likeness (QED) is 0.872. The number of ether oxygens (including phenoxy) is 1. The predicted octanol–water partition coefficient (Wildman–Crippen LogP) is 2.59. The molecule has 0 amide bonds. The summed E-state index contributed by atoms with van der Waals surface area (Å²) in [5.41, 5.74) is 1.13. The van der Waals surface area contributed by atoms with Gasteiger partial charge in [-0.2, -0.15) is 0 Å². The van der Waals surface area contributed by atoms with Gasteiger partial charge >= 0.3 is 0 Å². The Morgan fingerprint density at radius 2 is 2.37 bits per heavy atom. The summed E-state index contributed by atoms with van der Waals surface area (Å²) in [6.07, 6.45) is 3.14. The zero-order valence-electron chi connectivity index (χ0n) is 12.0. The molecule has 5 heteroatoms. The molecule has 1 aromatic rings. The summed E-state index contributed by atoms with van der Waals surface area (Å²) >= 11 is 1.67. The number of aliphatic hydroxyl groups is 1. The van der Waals surface area contributed by atoms with Gasteiger partial charge in [0, 0.05) is 25.1 Å². The second-order valence-electron chi connectivity index (χ2n) is 5.41. The fourth-order valence-electron chi connectivity index (χ4n) is 2.65. The summed E-state index contributed by atoms with van der Waals surface area (Å²) in [7, 11) is 1.71. The number of likely N-dealkylation sites (tertiary alicyclic amines) is 1. The molecule has 0 saturated carbocycles. The van der Waals surface area contributed by atoms with Gasteiger partial charge in [0.25, 0.3) is 0 Å². The summed E-state index contributed by atoms with van der Waals surface area (Å²) in [5.74, 6) is 0. The van der Waals surface area contributed by atoms with Gasteiger partial charge < -0.3 is 9.84 Å². The summed E-state index contributed by atoms with van der Waals surface area (Å²) in [5, 5.41) is 12.7. The van der Waals surface area contributed by atoms with Crippen LogP contribution in [-0.2, 0) is 11.3 Å². The first-order valence-electron chi connectivity index (χ1n) is 6.99. The van der Waals surface area contributed by atoms with Crippen LogP contribution >= 0.6 is 11.3 Å². The molecular weight excluding hydrogens is 260 g/mol. The average molecular weight is 284 g/mol. The Bertz CT molecular complexity index is 395. The molecule has 1 aliphatic heterocycles. The summed E-state index contributed by atoms with van der Waals surface area (Å²) in [4.78, 5) is 7.09. The van der Waals surface area contributed by atoms with Gasteiger partial charge in [-0.1, -0.05) is 0 Å². The minimum Gasteiger partial charge on any atom is -0.393 e. The van der Waals surface area contributed by atoms with E-state index in [1.165, 1.54) is 12.8 Å². The van der Waals surface area contributed by atoms with Gasteiger partial charge in [-0.15, -0.1) is 11.3 Å². The van der Waals surface area contributed by atoms with Crippen LogP contribution in [0.2, 0.25) is 0 Å². The maximum Gasteiger partial charge on any atom is 0.122 e. The Hall–Kier alpha value is -0.490. The van der Waals surface area contributed by atoms with Crippen LogP contribution in [0.1, 0.15) is 49.9 Å². The van der Waals surface area contributed by atoms with E-state index in [4.69, 9.17) is 4.74 Å². The van der Waals surface area contributed by atoms with E-state index in [2.05, 4.69) is 15.3 Å². The van der Waals surface area contributed by atoms with Gasteiger partial charge in [0.05, 0.1) is 11.8 Å². The summed E-state index contributed by atoms with van der Waals surface area (Å²) in [6.45, 7) is 5.90. The molecule has 2 heterocycles. The minimum atomic E-state index is -0.217. The topological polar surface area (TPSA) is 45.6 Å². The van der Waals surface area contributed by atoms with E-state index >= 15 is 0 Å². The zero-order chi connectivity index (χ0) is 13.8. The molecule has 1 fully saturated rings. The molecule has 0 spiro atoms. The number of thiazole rings is 1. The average Bonchev–Trinajstić information content (AvgIpc) is 2.99. The van der Waals surface area contributed by atoms with Gasteiger partial charge in [-0.25, -0.2) is 4.98 Å². The molecule has 3 unspecified atom stereocenters. The summed E-state index contributed by atoms with van der Waals surface area (Å²) < 4.78 is 5.29. The normalized spacial score (nSPS) is 23.7. The van der Waals surface area contributed by atoms with E-state index in [0.717, 1.165) is 30.2 Å². The van der Waals surface area contributed by atoms with Crippen LogP contribution in [0.15, 0.2) is 5.38 Å². The maximum atomic E-state index is 9.55. The smallest absolute Gasteiger partial charge is 0.122 e. The third kappa shape index (κ3) is 3.99. The Morgan fingerprint density at radius 1 is 1.58 bits per heavy atom. The molecule has 19 heavy (non-hydrogen) atoms. The van der Waals surface area contributed by atoms with Crippen molar-refractivity contribution in [3.05, 3.63) is 16.1 Å². The van der Waals surface area contributed by atoms with Crippen molar-refractivity contribution in [3.63, 3.8) is 0 Å². The number of methoxy groups -OCH3 is 1. The lowest BCUT2D eigenvalue weighted by Gasteiger charge is -2.24. The van der Waals surface area contributed by atoms with E-state index in [9.17, 15) is 5.11 Å². The van der Waals surface area contributed by atoms with Crippen LogP contribution in [-0.4, -0.2) is 40.8 Å². The molecule has 1 N–H and O–H groups in total. The van der Waals surface area contributed by atoms with Gasteiger partial charge in [-0.3, -0.25) is 4.90 Å². The molecule has 0 bridgehead atoms. The zero-order valence-corrected chi connectivity index (χ0v) is 12.8. The van der Waals surface area contributed by atoms with E-state index in [1.54, 1.807) is 18.4 Å². The van der Waals surface area contributed by atoms with Gasteiger partial charge in [0.2, 0.25) is 0 Å². The van der Waals surface area contributed by atoms with Crippen LogP contribution in [0, 0.1) is 0 Å². The highest BCUT2D eigenvalue weighted by atomic mass is 32.1. The molecule has 3 atom stereocenters. The van der Waals surface area contributed by atoms with Crippen molar-refractivity contribution >= 4 is 11.3 Å². The Morgan fingerprint density at radius 3 is 3.05 bits per heavy atom. The van der Waals surface area contributed by atoms with Crippen LogP contribution in [0.4, 0.5) is 0 Å². The molecule has 108 valence electrons. The minimum absolute atomic E-state index is 0.0746. The largest absolute Gasteiger partial charge is 0.393 e. The van der Waals surface area contributed by atoms with Crippen molar-refractivity contribution in [2.75, 3.05) is 13.7 Å². The van der Waals surface area contributed by atoms with Crippen LogP contribution < -0.4 is 0 Å². The van der Waals surface area contributed by atoms with E-state index < -0.39 is 0 Å². The highest BCUT2D eigenvalue weighted by Crippen LogP contribution is 2.26. The lowest BCUT2D eigenvalue weighted by molar-refractivity contribution is 0.118. The van der Waals surface area contributed by atoms with E-state index in [1.807, 2.05) is 13.8 Å². The SMILES string of the molecule is COC(C)c1nc(CN2CCCC2CC(C)O)cs1. The van der Waals surface area contributed by atoms with Gasteiger partial charge in [0.1, 0.15) is 11.1 Å². The number of hydrogen-bond acceptors (Lipinski definition) is 5. The third-order valence-corrected chi connectivity index (χ3v) is 4.80. The predicted molar refractivity (Wildman–Crippen MR) is 77.3 cm³/mol. The van der Waals surface area contributed by atoms with Crippen molar-refractivity contribution in [2.45, 2.75) is 57.9 Å². The van der Waals surface area contributed by atoms with Crippen molar-refractivity contribution in [3.8, 4) is 0 Å². The first-order chi connectivity index (χ1) is 9.10. The van der Waals surface area contributed by atoms with Gasteiger partial charge in [0.15, 0.2) is 0 Å². The van der Waals surface area contributed by atoms with E-state index in [-0.39, 0.29) is 12.2 Å². The van der Waals surface area contributed by atoms with Crippen molar-refractivity contribution in [2.24, 2.45) is 0 Å². The number of hydrogen-bond donors (Lipinski definition) is 1. The second-order valence-corrected chi connectivity index (χ2v) is 6.30. The molecule has 4 nitrogen and oxygen atoms in total. The number of aliphatic hydroxyl groups excluding tert-OH is 1. The van der Waals surface area contributed by atoms with Gasteiger partial charge in [-0.05, 0) is 39.7 Å². The fraction of sp³-hybridized carbons (Fsp3) is 0.786. The first kappa shape index (κ1) is 14.9. The molecule has 0 aromatic carbocycles. The molecule has 1 aliphatic rings. The van der Waals surface area contributed by atoms with Crippen molar-refractivity contribution in [1.29, 1.82) is 0 Å². The highest BCUT2D eigenvalue weighted by Gasteiger charge is 2.26. The van der Waals surface area contributed by atoms with E-state index in [0.29, 0.717) is 6.04 Å². The van der Waals surface area contributed by atoms with Crippen LogP contribution in [0.25, 0.3) is 0 Å². The lowest BCUT2D eigenvalue weighted by atomic mass is 10.1. The van der Waals surface area contributed by atoms with Crippen molar-refractivity contribution < 1.29 is 9.84 Å². The fourth-order valence-corrected chi connectivity index (χ4v) is 3.50. The standard InChI is InChI=1S/C14H24N2O2S/c1-10(17)7-13-5-4-6-16(13)8-12-9-19-14(15-12)11(2)18-3/h9-11,13,17H,4-8H2,1-3H3. The Balaban J connectivity index is 1.94. The second kappa shape index (κ2) is 6.79. The van der Waals surface area contributed by atoms with Crippen molar-refractivity contribution in [1.82, 2.24) is 9.88 Å². The molecule has 1 saturated heterocycles. The first-order valence-corrected chi connectivity index (χ1v) is 7.87. The third-order valence-electron chi connectivity index (χ3n) is 3.75. The monoisotopic (exact) mass is 284 g/mol. The Labute approximate surface area is 119 Å². The van der Waals surface area contributed by atoms with Crippen LogP contribution in [0.3, 0.4) is 0 Å². The molecular formula is C14H24N2O2S. The molecule has 0 aliphatic carbocycles. The number of aromatic nitrogens is 1.